The molecule has 2 N–H and O–H groups in total. The molecular weight excluding hydrogens is 356 g/mol. The zero-order valence-corrected chi connectivity index (χ0v) is 15.3. The molecule has 0 amide bonds. The van der Waals surface area contributed by atoms with Gasteiger partial charge in [-0.2, -0.15) is 10.4 Å². The van der Waals surface area contributed by atoms with Gasteiger partial charge in [0.05, 0.1) is 12.2 Å². The third-order valence-electron chi connectivity index (χ3n) is 4.66. The Labute approximate surface area is 162 Å². The molecule has 0 aliphatic rings. The van der Waals surface area contributed by atoms with Crippen molar-refractivity contribution < 1.29 is 0 Å². The quantitative estimate of drug-likeness (QED) is 0.560. The minimum atomic E-state index is 0.391. The molecule has 0 aliphatic carbocycles. The minimum Gasteiger partial charge on any atom is -0.383 e. The monoisotopic (exact) mass is 372 g/mol. The molecule has 4 rings (SSSR count). The summed E-state index contributed by atoms with van der Waals surface area (Å²) in [4.78, 5) is 0. The topological polar surface area (TPSA) is 67.6 Å². The highest BCUT2D eigenvalue weighted by molar-refractivity contribution is 6.30. The summed E-state index contributed by atoms with van der Waals surface area (Å²) in [6, 6.07) is 24.1. The van der Waals surface area contributed by atoms with E-state index in [0.29, 0.717) is 35.1 Å². The second-order valence-electron chi connectivity index (χ2n) is 6.42. The largest absolute Gasteiger partial charge is 0.383 e. The van der Waals surface area contributed by atoms with Gasteiger partial charge in [-0.05, 0) is 34.0 Å². The van der Waals surface area contributed by atoms with Crippen molar-refractivity contribution in [3.05, 3.63) is 94.1 Å². The number of nitriles is 1. The lowest BCUT2D eigenvalue weighted by Gasteiger charge is -2.05. The maximum atomic E-state index is 9.61. The van der Waals surface area contributed by atoms with Gasteiger partial charge >= 0.3 is 0 Å². The van der Waals surface area contributed by atoms with Crippen LogP contribution in [0, 0.1) is 11.3 Å². The summed E-state index contributed by atoms with van der Waals surface area (Å²) in [5.41, 5.74) is 9.50. The molecule has 4 nitrogen and oxygen atoms in total. The van der Waals surface area contributed by atoms with Crippen LogP contribution in [-0.4, -0.2) is 9.78 Å². The Kier molecular flexibility index (Phi) is 4.53. The fourth-order valence-corrected chi connectivity index (χ4v) is 3.41. The highest BCUT2D eigenvalue weighted by atomic mass is 35.5. The van der Waals surface area contributed by atoms with Crippen molar-refractivity contribution in [2.45, 2.75) is 13.0 Å². The van der Waals surface area contributed by atoms with E-state index >= 15 is 0 Å². The molecule has 4 aromatic rings. The molecule has 0 fully saturated rings. The van der Waals surface area contributed by atoms with Crippen LogP contribution in [0.25, 0.3) is 10.8 Å². The van der Waals surface area contributed by atoms with E-state index in [9.17, 15) is 5.26 Å². The van der Waals surface area contributed by atoms with Crippen LogP contribution in [0.2, 0.25) is 5.02 Å². The molecule has 0 saturated heterocycles. The van der Waals surface area contributed by atoms with Gasteiger partial charge in [0.1, 0.15) is 17.5 Å². The summed E-state index contributed by atoms with van der Waals surface area (Å²) in [6.07, 6.45) is 0.558. The van der Waals surface area contributed by atoms with Crippen LogP contribution in [0.15, 0.2) is 66.7 Å². The average Bonchev–Trinajstić information content (AvgIpc) is 2.98. The van der Waals surface area contributed by atoms with Crippen LogP contribution < -0.4 is 5.73 Å². The molecule has 0 unspecified atom stereocenters. The molecule has 0 aliphatic heterocycles. The number of nitrogen functional groups attached to an aromatic ring is 1. The van der Waals surface area contributed by atoms with Gasteiger partial charge in [0.25, 0.3) is 0 Å². The number of rotatable bonds is 4. The highest BCUT2D eigenvalue weighted by Gasteiger charge is 2.17. The van der Waals surface area contributed by atoms with Crippen molar-refractivity contribution in [1.29, 1.82) is 5.26 Å². The number of fused-ring (bicyclic) bond motifs is 1. The second-order valence-corrected chi connectivity index (χ2v) is 6.85. The molecular formula is C22H17ClN4. The van der Waals surface area contributed by atoms with E-state index < -0.39 is 0 Å². The van der Waals surface area contributed by atoms with E-state index in [1.165, 1.54) is 5.39 Å². The smallest absolute Gasteiger partial charge is 0.140 e. The molecule has 1 aromatic heterocycles. The van der Waals surface area contributed by atoms with Gasteiger partial charge in [-0.3, -0.25) is 0 Å². The van der Waals surface area contributed by atoms with Crippen molar-refractivity contribution in [3.8, 4) is 6.07 Å². The number of benzene rings is 3. The molecule has 0 bridgehead atoms. The molecule has 1 heterocycles. The number of aromatic nitrogens is 2. The summed E-state index contributed by atoms with van der Waals surface area (Å²) < 4.78 is 1.68. The Balaban J connectivity index is 1.70. The Bertz CT molecular complexity index is 1150. The normalized spacial score (nSPS) is 10.8. The van der Waals surface area contributed by atoms with E-state index in [1.54, 1.807) is 4.68 Å². The molecule has 0 spiro atoms. The van der Waals surface area contributed by atoms with Crippen molar-refractivity contribution in [3.63, 3.8) is 0 Å². The van der Waals surface area contributed by atoms with E-state index in [-0.39, 0.29) is 0 Å². The Hall–Kier alpha value is -3.29. The first-order valence-electron chi connectivity index (χ1n) is 8.62. The van der Waals surface area contributed by atoms with Crippen molar-refractivity contribution in [2.75, 3.05) is 5.73 Å². The first-order valence-corrected chi connectivity index (χ1v) is 9.00. The van der Waals surface area contributed by atoms with Gasteiger partial charge in [-0.25, -0.2) is 4.68 Å². The molecule has 0 radical (unpaired) electrons. The number of halogens is 1. The zero-order valence-electron chi connectivity index (χ0n) is 14.6. The first-order chi connectivity index (χ1) is 13.2. The summed E-state index contributed by atoms with van der Waals surface area (Å²) >= 11 is 5.95. The molecule has 0 atom stereocenters. The fourth-order valence-electron chi connectivity index (χ4n) is 3.28. The van der Waals surface area contributed by atoms with Gasteiger partial charge in [-0.1, -0.05) is 66.2 Å². The standard InChI is InChI=1S/C22H17ClN4/c23-18-10-8-15(9-11-18)14-27-22(25)20(13-24)21(26-27)12-17-6-3-5-16-4-1-2-7-19(16)17/h1-11H,12,14,25H2. The third-order valence-corrected chi connectivity index (χ3v) is 4.91. The van der Waals surface area contributed by atoms with Crippen LogP contribution in [0.5, 0.6) is 0 Å². The van der Waals surface area contributed by atoms with E-state index in [2.05, 4.69) is 35.4 Å². The fraction of sp³-hybridized carbons (Fsp3) is 0.0909. The minimum absolute atomic E-state index is 0.391. The Morgan fingerprint density at radius 3 is 2.52 bits per heavy atom. The third kappa shape index (κ3) is 3.38. The molecule has 132 valence electrons. The van der Waals surface area contributed by atoms with Gasteiger partial charge < -0.3 is 5.73 Å². The van der Waals surface area contributed by atoms with E-state index in [0.717, 1.165) is 16.5 Å². The lowest BCUT2D eigenvalue weighted by Crippen LogP contribution is -2.06. The van der Waals surface area contributed by atoms with Gasteiger partial charge in [-0.15, -0.1) is 0 Å². The predicted molar refractivity (Wildman–Crippen MR) is 109 cm³/mol. The summed E-state index contributed by atoms with van der Waals surface area (Å²) in [7, 11) is 0. The number of anilines is 1. The van der Waals surface area contributed by atoms with Crippen LogP contribution in [0.1, 0.15) is 22.4 Å². The van der Waals surface area contributed by atoms with Crippen molar-refractivity contribution in [1.82, 2.24) is 9.78 Å². The molecule has 3 aromatic carbocycles. The Morgan fingerprint density at radius 2 is 1.74 bits per heavy atom. The second kappa shape index (κ2) is 7.14. The highest BCUT2D eigenvalue weighted by Crippen LogP contribution is 2.25. The summed E-state index contributed by atoms with van der Waals surface area (Å²) in [6.45, 7) is 0.493. The molecule has 5 heteroatoms. The predicted octanol–water partition coefficient (Wildman–Crippen LogP) is 4.78. The SMILES string of the molecule is N#Cc1c(Cc2cccc3ccccc23)nn(Cc2ccc(Cl)cc2)c1N. The summed E-state index contributed by atoms with van der Waals surface area (Å²) in [5, 5.41) is 17.3. The maximum Gasteiger partial charge on any atom is 0.140 e. The maximum absolute atomic E-state index is 9.61. The van der Waals surface area contributed by atoms with Crippen LogP contribution in [0.3, 0.4) is 0 Å². The summed E-state index contributed by atoms with van der Waals surface area (Å²) in [5.74, 6) is 0.391. The average molecular weight is 373 g/mol. The zero-order chi connectivity index (χ0) is 18.8. The van der Waals surface area contributed by atoms with E-state index in [4.69, 9.17) is 17.3 Å². The number of nitrogens with zero attached hydrogens (tertiary/aromatic N) is 3. The molecule has 27 heavy (non-hydrogen) atoms. The van der Waals surface area contributed by atoms with E-state index in [1.807, 2.05) is 42.5 Å². The number of hydrogen-bond donors (Lipinski definition) is 1. The van der Waals surface area contributed by atoms with Crippen molar-refractivity contribution >= 4 is 28.2 Å². The van der Waals surface area contributed by atoms with Gasteiger partial charge in [0.15, 0.2) is 0 Å². The van der Waals surface area contributed by atoms with Gasteiger partial charge in [0, 0.05) is 11.4 Å². The van der Waals surface area contributed by atoms with Gasteiger partial charge in [0.2, 0.25) is 0 Å². The molecule has 0 saturated carbocycles. The van der Waals surface area contributed by atoms with Crippen LogP contribution >= 0.6 is 11.6 Å². The lowest BCUT2D eigenvalue weighted by atomic mass is 10.00. The van der Waals surface area contributed by atoms with Crippen molar-refractivity contribution in [2.24, 2.45) is 0 Å². The van der Waals surface area contributed by atoms with Crippen LogP contribution in [-0.2, 0) is 13.0 Å². The first kappa shape index (κ1) is 17.1. The lowest BCUT2D eigenvalue weighted by molar-refractivity contribution is 0.685. The number of nitrogens with two attached hydrogens (primary N) is 1. The Morgan fingerprint density at radius 1 is 1.00 bits per heavy atom. The number of hydrogen-bond acceptors (Lipinski definition) is 3. The van der Waals surface area contributed by atoms with Crippen LogP contribution in [0.4, 0.5) is 5.82 Å².